The van der Waals surface area contributed by atoms with Crippen LogP contribution in [0, 0.1) is 11.6 Å². The van der Waals surface area contributed by atoms with E-state index in [1.54, 1.807) is 19.4 Å². The fraction of sp³-hybridized carbons (Fsp3) is 0.267. The Bertz CT molecular complexity index is 509. The summed E-state index contributed by atoms with van der Waals surface area (Å²) in [6.45, 7) is 0. The molecule has 19 heavy (non-hydrogen) atoms. The first-order valence-corrected chi connectivity index (χ1v) is 6.21. The Balaban J connectivity index is 2.07. The third-order valence-electron chi connectivity index (χ3n) is 3.08. The third-order valence-corrected chi connectivity index (χ3v) is 3.08. The highest BCUT2D eigenvalue weighted by atomic mass is 19.1. The lowest BCUT2D eigenvalue weighted by Gasteiger charge is -2.16. The first-order chi connectivity index (χ1) is 9.19. The molecule has 4 heteroatoms. The Morgan fingerprint density at radius 1 is 1.21 bits per heavy atom. The lowest BCUT2D eigenvalue weighted by molar-refractivity contribution is 0.528. The second kappa shape index (κ2) is 6.38. The highest BCUT2D eigenvalue weighted by Gasteiger charge is 2.12. The third kappa shape index (κ3) is 3.83. The van der Waals surface area contributed by atoms with Crippen LogP contribution in [-0.4, -0.2) is 12.0 Å². The van der Waals surface area contributed by atoms with E-state index >= 15 is 0 Å². The molecule has 2 rings (SSSR count). The molecule has 0 aliphatic rings. The van der Waals surface area contributed by atoms with E-state index in [2.05, 4.69) is 10.3 Å². The van der Waals surface area contributed by atoms with Gasteiger partial charge in [-0.3, -0.25) is 4.98 Å². The number of hydrogen-bond donors (Lipinski definition) is 1. The van der Waals surface area contributed by atoms with E-state index in [0.29, 0.717) is 5.56 Å². The molecule has 1 unspecified atom stereocenters. The van der Waals surface area contributed by atoms with E-state index in [1.807, 2.05) is 12.1 Å². The van der Waals surface area contributed by atoms with Crippen LogP contribution in [0.5, 0.6) is 0 Å². The van der Waals surface area contributed by atoms with Gasteiger partial charge in [0.25, 0.3) is 0 Å². The molecule has 0 saturated heterocycles. The molecule has 1 atom stereocenters. The molecule has 2 nitrogen and oxygen atoms in total. The molecule has 0 spiro atoms. The summed E-state index contributed by atoms with van der Waals surface area (Å²) in [4.78, 5) is 4.05. The Kier molecular flexibility index (Phi) is 4.58. The molecule has 0 aliphatic heterocycles. The first-order valence-electron chi connectivity index (χ1n) is 6.21. The van der Waals surface area contributed by atoms with Gasteiger partial charge in [-0.05, 0) is 49.2 Å². The van der Waals surface area contributed by atoms with Gasteiger partial charge in [0.2, 0.25) is 0 Å². The smallest absolute Gasteiger partial charge is 0.126 e. The van der Waals surface area contributed by atoms with E-state index in [-0.39, 0.29) is 6.04 Å². The van der Waals surface area contributed by atoms with Crippen molar-refractivity contribution < 1.29 is 8.78 Å². The molecule has 0 radical (unpaired) electrons. The lowest BCUT2D eigenvalue weighted by atomic mass is 9.99. The van der Waals surface area contributed by atoms with Crippen molar-refractivity contribution in [3.8, 4) is 0 Å². The molecule has 0 bridgehead atoms. The van der Waals surface area contributed by atoms with Crippen molar-refractivity contribution in [1.29, 1.82) is 0 Å². The summed E-state index contributed by atoms with van der Waals surface area (Å²) in [7, 11) is 1.79. The number of benzene rings is 1. The highest BCUT2D eigenvalue weighted by Crippen LogP contribution is 2.20. The molecule has 1 aromatic heterocycles. The second-order valence-corrected chi connectivity index (χ2v) is 4.44. The molecule has 2 aromatic rings. The molecule has 0 aliphatic carbocycles. The van der Waals surface area contributed by atoms with Crippen molar-refractivity contribution in [3.05, 3.63) is 65.5 Å². The van der Waals surface area contributed by atoms with Crippen molar-refractivity contribution in [3.63, 3.8) is 0 Å². The number of aryl methyl sites for hydroxylation is 1. The number of pyridine rings is 1. The maximum atomic E-state index is 13.2. The number of halogens is 2. The largest absolute Gasteiger partial charge is 0.313 e. The summed E-state index contributed by atoms with van der Waals surface area (Å²) in [6, 6.07) is 7.42. The van der Waals surface area contributed by atoms with Crippen LogP contribution in [0.4, 0.5) is 8.78 Å². The average Bonchev–Trinajstić information content (AvgIpc) is 2.39. The topological polar surface area (TPSA) is 24.9 Å². The minimum atomic E-state index is -0.545. The quantitative estimate of drug-likeness (QED) is 0.894. The van der Waals surface area contributed by atoms with E-state index in [0.717, 1.165) is 24.5 Å². The molecular formula is C15H16F2N2. The Morgan fingerprint density at radius 2 is 1.95 bits per heavy atom. The summed E-state index contributed by atoms with van der Waals surface area (Å²) in [5.41, 5.74) is 1.74. The van der Waals surface area contributed by atoms with Crippen molar-refractivity contribution in [1.82, 2.24) is 10.3 Å². The Hall–Kier alpha value is -1.81. The summed E-state index contributed by atoms with van der Waals surface area (Å²) in [5.74, 6) is -1.09. The highest BCUT2D eigenvalue weighted by molar-refractivity contribution is 5.22. The van der Waals surface area contributed by atoms with Crippen LogP contribution < -0.4 is 5.32 Å². The zero-order chi connectivity index (χ0) is 13.7. The molecule has 1 N–H and O–H groups in total. The standard InChI is InChI=1S/C15H16F2N2/c1-18-15(5-4-11-3-2-6-19-10-11)12-7-13(16)9-14(17)8-12/h2-3,6-10,15,18H,4-5H2,1H3. The van der Waals surface area contributed by atoms with E-state index < -0.39 is 11.6 Å². The minimum absolute atomic E-state index is 0.0783. The summed E-state index contributed by atoms with van der Waals surface area (Å²) in [6.07, 6.45) is 5.09. The summed E-state index contributed by atoms with van der Waals surface area (Å²) < 4.78 is 26.4. The van der Waals surface area contributed by atoms with Gasteiger partial charge in [0.15, 0.2) is 0 Å². The van der Waals surface area contributed by atoms with Gasteiger partial charge in [0.1, 0.15) is 11.6 Å². The van der Waals surface area contributed by atoms with E-state index in [4.69, 9.17) is 0 Å². The van der Waals surface area contributed by atoms with Gasteiger partial charge >= 0.3 is 0 Å². The monoisotopic (exact) mass is 262 g/mol. The number of hydrogen-bond acceptors (Lipinski definition) is 2. The fourth-order valence-electron chi connectivity index (χ4n) is 2.11. The molecule has 1 heterocycles. The number of nitrogens with one attached hydrogen (secondary N) is 1. The predicted octanol–water partition coefficient (Wildman–Crippen LogP) is 3.25. The maximum Gasteiger partial charge on any atom is 0.126 e. The summed E-state index contributed by atoms with van der Waals surface area (Å²) in [5, 5.41) is 3.09. The molecule has 100 valence electrons. The van der Waals surface area contributed by atoms with Gasteiger partial charge in [0.05, 0.1) is 0 Å². The maximum absolute atomic E-state index is 13.2. The van der Waals surface area contributed by atoms with Crippen LogP contribution in [0.25, 0.3) is 0 Å². The van der Waals surface area contributed by atoms with Crippen molar-refractivity contribution in [2.24, 2.45) is 0 Å². The van der Waals surface area contributed by atoms with Crippen molar-refractivity contribution in [2.45, 2.75) is 18.9 Å². The minimum Gasteiger partial charge on any atom is -0.313 e. The number of rotatable bonds is 5. The zero-order valence-corrected chi connectivity index (χ0v) is 10.7. The normalized spacial score (nSPS) is 12.4. The number of aromatic nitrogens is 1. The molecule has 0 amide bonds. The van der Waals surface area contributed by atoms with Gasteiger partial charge < -0.3 is 5.32 Å². The van der Waals surface area contributed by atoms with E-state index in [1.165, 1.54) is 12.1 Å². The lowest BCUT2D eigenvalue weighted by Crippen LogP contribution is -2.17. The van der Waals surface area contributed by atoms with Gasteiger partial charge in [-0.15, -0.1) is 0 Å². The molecule has 0 fully saturated rings. The van der Waals surface area contributed by atoms with Crippen molar-refractivity contribution in [2.75, 3.05) is 7.05 Å². The van der Waals surface area contributed by atoms with Crippen LogP contribution in [0.1, 0.15) is 23.6 Å². The van der Waals surface area contributed by atoms with Crippen LogP contribution in [-0.2, 0) is 6.42 Å². The van der Waals surface area contributed by atoms with Crippen LogP contribution in [0.15, 0.2) is 42.7 Å². The SMILES string of the molecule is CNC(CCc1cccnc1)c1cc(F)cc(F)c1. The summed E-state index contributed by atoms with van der Waals surface area (Å²) >= 11 is 0. The Labute approximate surface area is 111 Å². The number of nitrogens with zero attached hydrogens (tertiary/aromatic N) is 1. The van der Waals surface area contributed by atoms with Crippen LogP contribution in [0.2, 0.25) is 0 Å². The second-order valence-electron chi connectivity index (χ2n) is 4.44. The molecule has 0 saturated carbocycles. The van der Waals surface area contributed by atoms with Crippen LogP contribution >= 0.6 is 0 Å². The fourth-order valence-corrected chi connectivity index (χ4v) is 2.11. The van der Waals surface area contributed by atoms with Gasteiger partial charge in [-0.2, -0.15) is 0 Å². The van der Waals surface area contributed by atoms with Gasteiger partial charge in [0, 0.05) is 24.5 Å². The molecular weight excluding hydrogens is 246 g/mol. The van der Waals surface area contributed by atoms with Gasteiger partial charge in [-0.1, -0.05) is 6.07 Å². The Morgan fingerprint density at radius 3 is 2.53 bits per heavy atom. The average molecular weight is 262 g/mol. The van der Waals surface area contributed by atoms with E-state index in [9.17, 15) is 8.78 Å². The van der Waals surface area contributed by atoms with Crippen LogP contribution in [0.3, 0.4) is 0 Å². The predicted molar refractivity (Wildman–Crippen MR) is 70.7 cm³/mol. The molecule has 1 aromatic carbocycles. The first kappa shape index (κ1) is 13.6. The van der Waals surface area contributed by atoms with Crippen molar-refractivity contribution >= 4 is 0 Å². The zero-order valence-electron chi connectivity index (χ0n) is 10.7. The van der Waals surface area contributed by atoms with Gasteiger partial charge in [-0.25, -0.2) is 8.78 Å².